The molecule has 0 aliphatic carbocycles. The Labute approximate surface area is 197 Å². The van der Waals surface area contributed by atoms with Crippen molar-refractivity contribution in [2.45, 2.75) is 39.7 Å². The predicted molar refractivity (Wildman–Crippen MR) is 125 cm³/mol. The van der Waals surface area contributed by atoms with E-state index >= 15 is 0 Å². The molecule has 1 fully saturated rings. The zero-order valence-electron chi connectivity index (χ0n) is 19.4. The summed E-state index contributed by atoms with van der Waals surface area (Å²) in [6.07, 6.45) is 4.80. The Balaban J connectivity index is 1.48. The van der Waals surface area contributed by atoms with Crippen molar-refractivity contribution in [1.82, 2.24) is 30.0 Å². The number of amides is 1. The number of aromatic nitrogens is 5. The van der Waals surface area contributed by atoms with E-state index < -0.39 is 0 Å². The van der Waals surface area contributed by atoms with Crippen LogP contribution in [0, 0.1) is 13.8 Å². The molecule has 1 unspecified atom stereocenters. The van der Waals surface area contributed by atoms with Crippen LogP contribution in [-0.2, 0) is 0 Å². The highest BCUT2D eigenvalue weighted by Gasteiger charge is 2.36. The van der Waals surface area contributed by atoms with Crippen LogP contribution in [0.3, 0.4) is 0 Å². The Morgan fingerprint density at radius 2 is 1.91 bits per heavy atom. The molecule has 0 spiro atoms. The highest BCUT2D eigenvalue weighted by atomic mass is 16.5. The van der Waals surface area contributed by atoms with Gasteiger partial charge in [0.25, 0.3) is 5.91 Å². The minimum atomic E-state index is -0.298. The third-order valence-electron chi connectivity index (χ3n) is 6.14. The number of para-hydroxylation sites is 1. The average molecular weight is 459 g/mol. The van der Waals surface area contributed by atoms with Gasteiger partial charge in [-0.25, -0.2) is 0 Å². The predicted octanol–water partition coefficient (Wildman–Crippen LogP) is 4.31. The molecular formula is C25H26N6O3. The average Bonchev–Trinajstić information content (AvgIpc) is 3.61. The second kappa shape index (κ2) is 9.09. The molecule has 5 rings (SSSR count). The van der Waals surface area contributed by atoms with E-state index in [1.54, 1.807) is 12.4 Å². The summed E-state index contributed by atoms with van der Waals surface area (Å²) < 4.78 is 11.4. The van der Waals surface area contributed by atoms with Crippen molar-refractivity contribution >= 4 is 5.91 Å². The highest BCUT2D eigenvalue weighted by Crippen LogP contribution is 2.35. The number of hydrogen-bond donors (Lipinski definition) is 0. The highest BCUT2D eigenvalue weighted by molar-refractivity contribution is 5.98. The maximum absolute atomic E-state index is 13.8. The molecular weight excluding hydrogens is 432 g/mol. The first-order valence-electron chi connectivity index (χ1n) is 11.4. The van der Waals surface area contributed by atoms with E-state index in [0.717, 1.165) is 29.5 Å². The molecule has 174 valence electrons. The van der Waals surface area contributed by atoms with Gasteiger partial charge >= 0.3 is 0 Å². The molecule has 1 atom stereocenters. The third kappa shape index (κ3) is 3.93. The maximum atomic E-state index is 13.8. The van der Waals surface area contributed by atoms with E-state index in [1.807, 2.05) is 62.1 Å². The summed E-state index contributed by atoms with van der Waals surface area (Å²) in [5.74, 6) is 1.47. The van der Waals surface area contributed by atoms with Crippen LogP contribution in [0.2, 0.25) is 0 Å². The molecule has 0 radical (unpaired) electrons. The lowest BCUT2D eigenvalue weighted by Gasteiger charge is -2.23. The van der Waals surface area contributed by atoms with Gasteiger partial charge in [-0.3, -0.25) is 4.79 Å². The fourth-order valence-corrected chi connectivity index (χ4v) is 4.31. The number of ether oxygens (including phenoxy) is 1. The van der Waals surface area contributed by atoms with Gasteiger partial charge in [-0.05, 0) is 69.0 Å². The molecule has 0 N–H and O–H groups in total. The first-order valence-corrected chi connectivity index (χ1v) is 11.4. The summed E-state index contributed by atoms with van der Waals surface area (Å²) in [5, 5.41) is 12.7. The first kappa shape index (κ1) is 21.8. The normalized spacial score (nSPS) is 15.6. The number of hydrogen-bond acceptors (Lipinski definition) is 7. The zero-order valence-corrected chi connectivity index (χ0v) is 19.4. The van der Waals surface area contributed by atoms with Gasteiger partial charge in [-0.1, -0.05) is 17.3 Å². The van der Waals surface area contributed by atoms with Crippen molar-refractivity contribution in [2.24, 2.45) is 0 Å². The zero-order chi connectivity index (χ0) is 23.7. The first-order chi connectivity index (χ1) is 16.6. The fourth-order valence-electron chi connectivity index (χ4n) is 4.31. The molecule has 1 aliphatic rings. The van der Waals surface area contributed by atoms with E-state index in [2.05, 4.69) is 20.3 Å². The van der Waals surface area contributed by atoms with Crippen LogP contribution in [0.1, 0.15) is 53.2 Å². The Morgan fingerprint density at radius 3 is 2.71 bits per heavy atom. The summed E-state index contributed by atoms with van der Waals surface area (Å²) >= 11 is 0. The van der Waals surface area contributed by atoms with Crippen molar-refractivity contribution < 1.29 is 14.1 Å². The van der Waals surface area contributed by atoms with Crippen LogP contribution < -0.4 is 4.74 Å². The molecule has 0 saturated carbocycles. The number of benzene rings is 2. The molecule has 2 aromatic carbocycles. The molecule has 0 bridgehead atoms. The van der Waals surface area contributed by atoms with Gasteiger partial charge in [0.15, 0.2) is 0 Å². The number of carbonyl (C=O) groups excluding carboxylic acids is 1. The van der Waals surface area contributed by atoms with E-state index in [1.165, 1.54) is 4.80 Å². The Bertz CT molecular complexity index is 1310. The van der Waals surface area contributed by atoms with Crippen LogP contribution in [0.15, 0.2) is 53.3 Å². The van der Waals surface area contributed by atoms with E-state index in [0.29, 0.717) is 41.9 Å². The van der Waals surface area contributed by atoms with Gasteiger partial charge in [0.1, 0.15) is 11.8 Å². The monoisotopic (exact) mass is 458 g/mol. The minimum absolute atomic E-state index is 0.104. The number of nitrogens with zero attached hydrogens (tertiary/aromatic N) is 6. The van der Waals surface area contributed by atoms with Gasteiger partial charge in [-0.2, -0.15) is 20.0 Å². The quantitative estimate of drug-likeness (QED) is 0.424. The van der Waals surface area contributed by atoms with Gasteiger partial charge < -0.3 is 14.2 Å². The summed E-state index contributed by atoms with van der Waals surface area (Å²) in [5.41, 5.74) is 4.06. The SMILES string of the molecule is CCOc1ccccc1-c1noc(C2CCCN2C(=O)c2cc(C)c(C)cc2-n2nccn2)n1. The van der Waals surface area contributed by atoms with Gasteiger partial charge in [0.2, 0.25) is 11.7 Å². The van der Waals surface area contributed by atoms with Gasteiger partial charge in [-0.15, -0.1) is 0 Å². The van der Waals surface area contributed by atoms with E-state index in [4.69, 9.17) is 9.26 Å². The van der Waals surface area contributed by atoms with Crippen LogP contribution >= 0.6 is 0 Å². The largest absolute Gasteiger partial charge is 0.493 e. The van der Waals surface area contributed by atoms with Crippen LogP contribution in [-0.4, -0.2) is 49.1 Å². The molecule has 9 nitrogen and oxygen atoms in total. The molecule has 34 heavy (non-hydrogen) atoms. The number of carbonyl (C=O) groups is 1. The second-order valence-electron chi connectivity index (χ2n) is 8.31. The number of aryl methyl sites for hydroxylation is 2. The number of likely N-dealkylation sites (tertiary alicyclic amines) is 1. The maximum Gasteiger partial charge on any atom is 0.256 e. The molecule has 1 saturated heterocycles. The van der Waals surface area contributed by atoms with Crippen LogP contribution in [0.25, 0.3) is 17.1 Å². The lowest BCUT2D eigenvalue weighted by atomic mass is 10.0. The van der Waals surface area contributed by atoms with Crippen molar-refractivity contribution in [2.75, 3.05) is 13.2 Å². The molecule has 3 heterocycles. The summed E-state index contributed by atoms with van der Waals surface area (Å²) in [4.78, 5) is 21.7. The van der Waals surface area contributed by atoms with Crippen molar-refractivity contribution in [3.8, 4) is 22.8 Å². The molecule has 2 aromatic heterocycles. The van der Waals surface area contributed by atoms with E-state index in [9.17, 15) is 4.79 Å². The Morgan fingerprint density at radius 1 is 1.15 bits per heavy atom. The fraction of sp³-hybridized carbons (Fsp3) is 0.320. The molecule has 1 amide bonds. The standard InChI is InChI=1S/C25H26N6O3/c1-4-33-22-10-6-5-8-18(22)23-28-24(34-29-23)20-9-7-13-30(20)25(32)19-14-16(2)17(3)15-21(19)31-26-11-12-27-31/h5-6,8,10-12,14-15,20H,4,7,9,13H2,1-3H3. The topological polar surface area (TPSA) is 99.2 Å². The molecule has 9 heteroatoms. The van der Waals surface area contributed by atoms with Crippen LogP contribution in [0.5, 0.6) is 5.75 Å². The second-order valence-corrected chi connectivity index (χ2v) is 8.31. The summed E-state index contributed by atoms with van der Waals surface area (Å²) in [7, 11) is 0. The lowest BCUT2D eigenvalue weighted by Crippen LogP contribution is -2.32. The lowest BCUT2D eigenvalue weighted by molar-refractivity contribution is 0.0709. The van der Waals surface area contributed by atoms with E-state index in [-0.39, 0.29) is 11.9 Å². The smallest absolute Gasteiger partial charge is 0.256 e. The third-order valence-corrected chi connectivity index (χ3v) is 6.14. The Kier molecular flexibility index (Phi) is 5.83. The van der Waals surface area contributed by atoms with Crippen molar-refractivity contribution in [3.05, 3.63) is 71.4 Å². The molecule has 4 aromatic rings. The Hall–Kier alpha value is -4.01. The van der Waals surface area contributed by atoms with Gasteiger partial charge in [0, 0.05) is 6.54 Å². The summed E-state index contributed by atoms with van der Waals surface area (Å²) in [6, 6.07) is 11.1. The van der Waals surface area contributed by atoms with Crippen LogP contribution in [0.4, 0.5) is 0 Å². The minimum Gasteiger partial charge on any atom is -0.493 e. The van der Waals surface area contributed by atoms with Crippen molar-refractivity contribution in [1.29, 1.82) is 0 Å². The van der Waals surface area contributed by atoms with Crippen molar-refractivity contribution in [3.63, 3.8) is 0 Å². The molecule has 1 aliphatic heterocycles. The summed E-state index contributed by atoms with van der Waals surface area (Å²) in [6.45, 7) is 7.08. The number of rotatable bonds is 6. The van der Waals surface area contributed by atoms with Gasteiger partial charge in [0.05, 0.1) is 35.8 Å².